The first-order valence-electron chi connectivity index (χ1n) is 6.23. The van der Waals surface area contributed by atoms with Crippen LogP contribution in [-0.2, 0) is 9.59 Å². The highest BCUT2D eigenvalue weighted by Crippen LogP contribution is 2.34. The molecule has 0 aromatic carbocycles. The number of rotatable bonds is 5. The maximum atomic E-state index is 12.1. The summed E-state index contributed by atoms with van der Waals surface area (Å²) in [5.41, 5.74) is 0. The van der Waals surface area contributed by atoms with Crippen LogP contribution in [0, 0.1) is 0 Å². The van der Waals surface area contributed by atoms with Crippen LogP contribution in [0.5, 0.6) is 0 Å². The summed E-state index contributed by atoms with van der Waals surface area (Å²) >= 11 is 1.68. The second kappa shape index (κ2) is 6.00. The second-order valence-electron chi connectivity index (χ2n) is 4.51. The zero-order valence-electron chi connectivity index (χ0n) is 10.2. The molecule has 1 aliphatic heterocycles. The zero-order chi connectivity index (χ0) is 13.0. The minimum absolute atomic E-state index is 0.0727. The lowest BCUT2D eigenvalue weighted by atomic mass is 10.1. The summed E-state index contributed by atoms with van der Waals surface area (Å²) in [5, 5.41) is 10.6. The Hall–Kier alpha value is -1.36. The molecule has 0 saturated carbocycles. The van der Waals surface area contributed by atoms with Crippen LogP contribution in [0.4, 0.5) is 0 Å². The van der Waals surface area contributed by atoms with E-state index in [1.54, 1.807) is 11.3 Å². The van der Waals surface area contributed by atoms with Gasteiger partial charge in [0.05, 0.1) is 6.04 Å². The van der Waals surface area contributed by atoms with Crippen LogP contribution in [0.15, 0.2) is 17.5 Å². The molecule has 1 atom stereocenters. The standard InChI is InChI=1S/C13H17NO3S/c15-12(6-1-7-13(16)17)14-8-2-4-10(14)11-5-3-9-18-11/h3,5,9-10H,1-2,4,6-8H2,(H,16,17). The van der Waals surface area contributed by atoms with Crippen molar-refractivity contribution in [2.75, 3.05) is 6.54 Å². The van der Waals surface area contributed by atoms with Gasteiger partial charge < -0.3 is 10.0 Å². The van der Waals surface area contributed by atoms with Crippen molar-refractivity contribution in [2.45, 2.75) is 38.1 Å². The molecular weight excluding hydrogens is 250 g/mol. The Labute approximate surface area is 110 Å². The van der Waals surface area contributed by atoms with Crippen molar-refractivity contribution in [3.8, 4) is 0 Å². The van der Waals surface area contributed by atoms with Crippen molar-refractivity contribution in [1.29, 1.82) is 0 Å². The van der Waals surface area contributed by atoms with Crippen LogP contribution in [0.1, 0.15) is 43.0 Å². The Balaban J connectivity index is 1.91. The van der Waals surface area contributed by atoms with Crippen LogP contribution in [0.3, 0.4) is 0 Å². The Bertz CT molecular complexity index is 416. The summed E-state index contributed by atoms with van der Waals surface area (Å²) in [6.45, 7) is 0.800. The molecule has 1 N–H and O–H groups in total. The minimum Gasteiger partial charge on any atom is -0.481 e. The number of nitrogens with zero attached hydrogens (tertiary/aromatic N) is 1. The summed E-state index contributed by atoms with van der Waals surface area (Å²) in [5.74, 6) is -0.744. The van der Waals surface area contributed by atoms with Gasteiger partial charge in [0, 0.05) is 24.3 Å². The number of aliphatic carboxylic acids is 1. The highest BCUT2D eigenvalue weighted by atomic mass is 32.1. The lowest BCUT2D eigenvalue weighted by molar-refractivity contribution is -0.137. The molecule has 1 unspecified atom stereocenters. The first-order valence-corrected chi connectivity index (χ1v) is 7.11. The van der Waals surface area contributed by atoms with Gasteiger partial charge in [-0.1, -0.05) is 6.07 Å². The third-order valence-electron chi connectivity index (χ3n) is 3.23. The molecule has 4 nitrogen and oxygen atoms in total. The van der Waals surface area contributed by atoms with Crippen molar-refractivity contribution in [2.24, 2.45) is 0 Å². The van der Waals surface area contributed by atoms with E-state index in [4.69, 9.17) is 5.11 Å². The number of thiophene rings is 1. The van der Waals surface area contributed by atoms with Gasteiger partial charge in [-0.05, 0) is 30.7 Å². The van der Waals surface area contributed by atoms with E-state index in [0.717, 1.165) is 19.4 Å². The van der Waals surface area contributed by atoms with Gasteiger partial charge in [0.25, 0.3) is 0 Å². The molecule has 1 aromatic heterocycles. The predicted molar refractivity (Wildman–Crippen MR) is 69.5 cm³/mol. The van der Waals surface area contributed by atoms with Crippen LogP contribution in [-0.4, -0.2) is 28.4 Å². The molecule has 0 aliphatic carbocycles. The number of amides is 1. The van der Waals surface area contributed by atoms with Gasteiger partial charge in [0.2, 0.25) is 5.91 Å². The molecule has 5 heteroatoms. The van der Waals surface area contributed by atoms with Crippen molar-refractivity contribution < 1.29 is 14.7 Å². The molecule has 1 saturated heterocycles. The number of hydrogen-bond acceptors (Lipinski definition) is 3. The Morgan fingerprint density at radius 3 is 2.94 bits per heavy atom. The SMILES string of the molecule is O=C(O)CCCC(=O)N1CCCC1c1cccs1. The predicted octanol–water partition coefficient (Wildman–Crippen LogP) is 2.67. The molecule has 0 radical (unpaired) electrons. The summed E-state index contributed by atoms with van der Waals surface area (Å²) < 4.78 is 0. The average Bonchev–Trinajstić information content (AvgIpc) is 2.99. The molecule has 0 spiro atoms. The molecule has 18 heavy (non-hydrogen) atoms. The van der Waals surface area contributed by atoms with Crippen molar-refractivity contribution in [1.82, 2.24) is 4.90 Å². The van der Waals surface area contributed by atoms with E-state index in [0.29, 0.717) is 12.8 Å². The van der Waals surface area contributed by atoms with Gasteiger partial charge in [-0.3, -0.25) is 9.59 Å². The molecule has 1 fully saturated rings. The summed E-state index contributed by atoms with van der Waals surface area (Å²) in [4.78, 5) is 25.6. The number of likely N-dealkylation sites (tertiary alicyclic amines) is 1. The molecule has 1 aliphatic rings. The first kappa shape index (κ1) is 13.1. The van der Waals surface area contributed by atoms with Crippen molar-refractivity contribution in [3.63, 3.8) is 0 Å². The average molecular weight is 267 g/mol. The van der Waals surface area contributed by atoms with E-state index in [2.05, 4.69) is 6.07 Å². The zero-order valence-corrected chi connectivity index (χ0v) is 11.0. The maximum Gasteiger partial charge on any atom is 0.303 e. The smallest absolute Gasteiger partial charge is 0.303 e. The fourth-order valence-electron chi connectivity index (χ4n) is 2.38. The van der Waals surface area contributed by atoms with Crippen molar-refractivity contribution in [3.05, 3.63) is 22.4 Å². The second-order valence-corrected chi connectivity index (χ2v) is 5.49. The van der Waals surface area contributed by atoms with Gasteiger partial charge in [-0.15, -0.1) is 11.3 Å². The van der Waals surface area contributed by atoms with Crippen LogP contribution < -0.4 is 0 Å². The summed E-state index contributed by atoms with van der Waals surface area (Å²) in [7, 11) is 0. The monoisotopic (exact) mass is 267 g/mol. The van der Waals surface area contributed by atoms with E-state index in [1.165, 1.54) is 4.88 Å². The molecular formula is C13H17NO3S. The number of carbonyl (C=O) groups excluding carboxylic acids is 1. The maximum absolute atomic E-state index is 12.1. The molecule has 0 bridgehead atoms. The van der Waals surface area contributed by atoms with Crippen LogP contribution in [0.25, 0.3) is 0 Å². The third-order valence-corrected chi connectivity index (χ3v) is 4.20. The van der Waals surface area contributed by atoms with Gasteiger partial charge in [-0.25, -0.2) is 0 Å². The topological polar surface area (TPSA) is 57.6 Å². The van der Waals surface area contributed by atoms with E-state index >= 15 is 0 Å². The summed E-state index contributed by atoms with van der Waals surface area (Å²) in [6, 6.07) is 4.28. The fraction of sp³-hybridized carbons (Fsp3) is 0.538. The van der Waals surface area contributed by atoms with Gasteiger partial charge >= 0.3 is 5.97 Å². The highest BCUT2D eigenvalue weighted by Gasteiger charge is 2.29. The van der Waals surface area contributed by atoms with Crippen LogP contribution in [0.2, 0.25) is 0 Å². The molecule has 2 heterocycles. The first-order chi connectivity index (χ1) is 8.68. The van der Waals surface area contributed by atoms with E-state index in [9.17, 15) is 9.59 Å². The molecule has 98 valence electrons. The number of carboxylic acid groups (broad SMARTS) is 1. The Morgan fingerprint density at radius 2 is 2.28 bits per heavy atom. The number of carbonyl (C=O) groups is 2. The van der Waals surface area contributed by atoms with E-state index in [-0.39, 0.29) is 18.4 Å². The minimum atomic E-state index is -0.834. The summed E-state index contributed by atoms with van der Waals surface area (Å²) in [6.07, 6.45) is 2.90. The van der Waals surface area contributed by atoms with Gasteiger partial charge in [0.1, 0.15) is 0 Å². The van der Waals surface area contributed by atoms with E-state index in [1.807, 2.05) is 16.3 Å². The van der Waals surface area contributed by atoms with Gasteiger partial charge in [0.15, 0.2) is 0 Å². The fourth-order valence-corrected chi connectivity index (χ4v) is 3.25. The Kier molecular flexibility index (Phi) is 4.36. The van der Waals surface area contributed by atoms with Crippen LogP contribution >= 0.6 is 11.3 Å². The largest absolute Gasteiger partial charge is 0.481 e. The van der Waals surface area contributed by atoms with Crippen molar-refractivity contribution >= 4 is 23.2 Å². The highest BCUT2D eigenvalue weighted by molar-refractivity contribution is 7.10. The number of carboxylic acids is 1. The van der Waals surface area contributed by atoms with Gasteiger partial charge in [-0.2, -0.15) is 0 Å². The molecule has 1 amide bonds. The Morgan fingerprint density at radius 1 is 1.44 bits per heavy atom. The molecule has 1 aromatic rings. The quantitative estimate of drug-likeness (QED) is 0.892. The third kappa shape index (κ3) is 3.10. The molecule has 2 rings (SSSR count). The normalized spacial score (nSPS) is 19.1. The lowest BCUT2D eigenvalue weighted by Crippen LogP contribution is -2.30. The van der Waals surface area contributed by atoms with E-state index < -0.39 is 5.97 Å². The number of hydrogen-bond donors (Lipinski definition) is 1. The lowest BCUT2D eigenvalue weighted by Gasteiger charge is -2.23.